The number of rotatable bonds is 1. The monoisotopic (exact) mass is 276 g/mol. The van der Waals surface area contributed by atoms with E-state index in [1.807, 2.05) is 19.3 Å². The van der Waals surface area contributed by atoms with Gasteiger partial charge in [0.15, 0.2) is 5.82 Å². The molecule has 2 fully saturated rings. The molecule has 1 N–H and O–H groups in total. The summed E-state index contributed by atoms with van der Waals surface area (Å²) in [6, 6.07) is 1.82. The van der Waals surface area contributed by atoms with E-state index in [0.717, 1.165) is 32.1 Å². The van der Waals surface area contributed by atoms with Crippen LogP contribution in [0.3, 0.4) is 0 Å². The maximum atomic E-state index is 12.9. The summed E-state index contributed by atoms with van der Waals surface area (Å²) >= 11 is 0. The summed E-state index contributed by atoms with van der Waals surface area (Å²) in [4.78, 5) is 26.6. The number of amides is 2. The van der Waals surface area contributed by atoms with Crippen molar-refractivity contribution >= 4 is 17.6 Å². The number of hydrogen-bond donors (Lipinski definition) is 1. The van der Waals surface area contributed by atoms with Gasteiger partial charge in [-0.25, -0.2) is 0 Å². The lowest BCUT2D eigenvalue weighted by molar-refractivity contribution is -0.131. The van der Waals surface area contributed by atoms with Crippen molar-refractivity contribution in [1.29, 1.82) is 0 Å². The summed E-state index contributed by atoms with van der Waals surface area (Å²) in [5.74, 6) is 0.611. The molecule has 0 atom stereocenters. The van der Waals surface area contributed by atoms with Crippen LogP contribution in [-0.4, -0.2) is 33.7 Å². The van der Waals surface area contributed by atoms with Crippen LogP contribution in [-0.2, 0) is 16.6 Å². The van der Waals surface area contributed by atoms with Crippen molar-refractivity contribution in [3.8, 4) is 0 Å². The maximum absolute atomic E-state index is 12.9. The van der Waals surface area contributed by atoms with Gasteiger partial charge in [-0.15, -0.1) is 0 Å². The Labute approximate surface area is 118 Å². The van der Waals surface area contributed by atoms with Crippen LogP contribution in [0.15, 0.2) is 12.3 Å². The average molecular weight is 276 g/mol. The fourth-order valence-electron chi connectivity index (χ4n) is 3.22. The van der Waals surface area contributed by atoms with Crippen molar-refractivity contribution in [1.82, 2.24) is 15.1 Å². The van der Waals surface area contributed by atoms with E-state index < -0.39 is 5.54 Å². The molecule has 1 aliphatic heterocycles. The van der Waals surface area contributed by atoms with Crippen LogP contribution in [0.25, 0.3) is 0 Å². The van der Waals surface area contributed by atoms with E-state index in [1.165, 1.54) is 0 Å². The van der Waals surface area contributed by atoms with Gasteiger partial charge in [0, 0.05) is 32.3 Å². The van der Waals surface area contributed by atoms with Gasteiger partial charge in [0.2, 0.25) is 5.91 Å². The van der Waals surface area contributed by atoms with E-state index in [9.17, 15) is 9.59 Å². The Morgan fingerprint density at radius 3 is 2.65 bits per heavy atom. The lowest BCUT2D eigenvalue weighted by atomic mass is 9.80. The normalized spacial score (nSPS) is 22.8. The van der Waals surface area contributed by atoms with E-state index in [0.29, 0.717) is 18.8 Å². The Balaban J connectivity index is 1.94. The van der Waals surface area contributed by atoms with Crippen LogP contribution in [0.4, 0.5) is 5.82 Å². The Kier molecular flexibility index (Phi) is 3.23. The minimum atomic E-state index is -0.705. The Morgan fingerprint density at radius 1 is 1.25 bits per heavy atom. The zero-order chi connectivity index (χ0) is 14.2. The third-order valence-corrected chi connectivity index (χ3v) is 4.28. The highest BCUT2D eigenvalue weighted by Gasteiger charge is 2.45. The van der Waals surface area contributed by atoms with Gasteiger partial charge in [-0.1, -0.05) is 19.3 Å². The molecule has 2 aliphatic rings. The molecule has 0 unspecified atom stereocenters. The van der Waals surface area contributed by atoms with E-state index in [-0.39, 0.29) is 11.8 Å². The van der Waals surface area contributed by atoms with Gasteiger partial charge in [0.1, 0.15) is 5.54 Å². The number of aryl methyl sites for hydroxylation is 1. The summed E-state index contributed by atoms with van der Waals surface area (Å²) < 4.78 is 1.68. The summed E-state index contributed by atoms with van der Waals surface area (Å²) in [7, 11) is 1.82. The molecule has 2 heterocycles. The Bertz CT molecular complexity index is 531. The summed E-state index contributed by atoms with van der Waals surface area (Å²) in [6.45, 7) is 0.406. The number of aromatic nitrogens is 2. The largest absolute Gasteiger partial charge is 0.342 e. The zero-order valence-corrected chi connectivity index (χ0v) is 11.8. The molecule has 1 aromatic heterocycles. The number of nitrogens with one attached hydrogen (secondary N) is 1. The average Bonchev–Trinajstić information content (AvgIpc) is 2.81. The highest BCUT2D eigenvalue weighted by Crippen LogP contribution is 2.32. The lowest BCUT2D eigenvalue weighted by Gasteiger charge is -2.37. The second kappa shape index (κ2) is 4.92. The standard InChI is InChI=1S/C14H20N4O2/c1-17-9-5-11(16-17)18-10-6-12(19)15-14(13(18)20)7-3-2-4-8-14/h5,9H,2-4,6-8,10H2,1H3,(H,15,19). The molecule has 2 amide bonds. The van der Waals surface area contributed by atoms with Gasteiger partial charge >= 0.3 is 0 Å². The molecular formula is C14H20N4O2. The van der Waals surface area contributed by atoms with Gasteiger partial charge in [0.25, 0.3) is 5.91 Å². The quantitative estimate of drug-likeness (QED) is 0.831. The van der Waals surface area contributed by atoms with Crippen LogP contribution in [0.2, 0.25) is 0 Å². The van der Waals surface area contributed by atoms with Gasteiger partial charge < -0.3 is 5.32 Å². The number of carbonyl (C=O) groups excluding carboxylic acids is 2. The first-order valence-electron chi connectivity index (χ1n) is 7.23. The third-order valence-electron chi connectivity index (χ3n) is 4.28. The van der Waals surface area contributed by atoms with Gasteiger partial charge in [-0.2, -0.15) is 5.10 Å². The van der Waals surface area contributed by atoms with E-state index in [4.69, 9.17) is 0 Å². The summed E-state index contributed by atoms with van der Waals surface area (Å²) in [5, 5.41) is 7.30. The molecule has 1 aliphatic carbocycles. The maximum Gasteiger partial charge on any atom is 0.253 e. The Hall–Kier alpha value is -1.85. The summed E-state index contributed by atoms with van der Waals surface area (Å²) in [5.41, 5.74) is -0.705. The van der Waals surface area contributed by atoms with Gasteiger partial charge in [-0.3, -0.25) is 19.2 Å². The summed E-state index contributed by atoms with van der Waals surface area (Å²) in [6.07, 6.45) is 6.74. The zero-order valence-electron chi connectivity index (χ0n) is 11.8. The van der Waals surface area contributed by atoms with Crippen LogP contribution in [0.1, 0.15) is 38.5 Å². The lowest BCUT2D eigenvalue weighted by Crippen LogP contribution is -2.58. The molecule has 3 rings (SSSR count). The molecular weight excluding hydrogens is 256 g/mol. The predicted octanol–water partition coefficient (Wildman–Crippen LogP) is 0.976. The highest BCUT2D eigenvalue weighted by molar-refractivity contribution is 6.03. The van der Waals surface area contributed by atoms with Crippen LogP contribution >= 0.6 is 0 Å². The topological polar surface area (TPSA) is 67.2 Å². The van der Waals surface area contributed by atoms with Crippen LogP contribution < -0.4 is 10.2 Å². The van der Waals surface area contributed by atoms with E-state index in [1.54, 1.807) is 9.58 Å². The molecule has 1 saturated carbocycles. The first-order chi connectivity index (χ1) is 9.61. The second-order valence-corrected chi connectivity index (χ2v) is 5.75. The smallest absolute Gasteiger partial charge is 0.253 e. The van der Waals surface area contributed by atoms with E-state index >= 15 is 0 Å². The molecule has 1 aromatic rings. The van der Waals surface area contributed by atoms with Crippen molar-refractivity contribution < 1.29 is 9.59 Å². The number of carbonyl (C=O) groups is 2. The van der Waals surface area contributed by atoms with E-state index in [2.05, 4.69) is 10.4 Å². The highest BCUT2D eigenvalue weighted by atomic mass is 16.2. The number of anilines is 1. The first-order valence-corrected chi connectivity index (χ1v) is 7.23. The molecule has 1 saturated heterocycles. The first kappa shape index (κ1) is 13.1. The van der Waals surface area contributed by atoms with Crippen molar-refractivity contribution in [2.24, 2.45) is 7.05 Å². The van der Waals surface area contributed by atoms with Gasteiger partial charge in [0.05, 0.1) is 0 Å². The van der Waals surface area contributed by atoms with Crippen molar-refractivity contribution in [2.45, 2.75) is 44.1 Å². The fourth-order valence-corrected chi connectivity index (χ4v) is 3.22. The minimum absolute atomic E-state index is 0.00162. The molecule has 108 valence electrons. The number of hydrogen-bond acceptors (Lipinski definition) is 3. The van der Waals surface area contributed by atoms with Crippen molar-refractivity contribution in [2.75, 3.05) is 11.4 Å². The number of nitrogens with zero attached hydrogens (tertiary/aromatic N) is 3. The predicted molar refractivity (Wildman–Crippen MR) is 74.1 cm³/mol. The minimum Gasteiger partial charge on any atom is -0.342 e. The van der Waals surface area contributed by atoms with Crippen molar-refractivity contribution in [3.63, 3.8) is 0 Å². The fraction of sp³-hybridized carbons (Fsp3) is 0.643. The molecule has 0 aromatic carbocycles. The molecule has 6 heteroatoms. The second-order valence-electron chi connectivity index (χ2n) is 5.75. The molecule has 1 spiro atoms. The SMILES string of the molecule is Cn1ccc(N2CCC(=O)NC3(CCCCC3)C2=O)n1. The third kappa shape index (κ3) is 2.19. The van der Waals surface area contributed by atoms with Crippen LogP contribution in [0, 0.1) is 0 Å². The van der Waals surface area contributed by atoms with Gasteiger partial charge in [-0.05, 0) is 12.8 Å². The van der Waals surface area contributed by atoms with Crippen molar-refractivity contribution in [3.05, 3.63) is 12.3 Å². The molecule has 20 heavy (non-hydrogen) atoms. The van der Waals surface area contributed by atoms with Crippen LogP contribution in [0.5, 0.6) is 0 Å². The molecule has 0 bridgehead atoms. The molecule has 6 nitrogen and oxygen atoms in total. The Morgan fingerprint density at radius 2 is 2.00 bits per heavy atom. The molecule has 0 radical (unpaired) electrons.